The van der Waals surface area contributed by atoms with E-state index in [4.69, 9.17) is 16.6 Å². The maximum absolute atomic E-state index is 12.2. The molecule has 0 spiro atoms. The third kappa shape index (κ3) is 4.05. The second kappa shape index (κ2) is 7.80. The molecule has 3 aromatic rings. The third-order valence-electron chi connectivity index (χ3n) is 4.85. The van der Waals surface area contributed by atoms with Crippen LogP contribution >= 0.6 is 22.9 Å². The number of carbonyl (C=O) groups excluding carboxylic acids is 1. The van der Waals surface area contributed by atoms with Crippen molar-refractivity contribution in [1.82, 2.24) is 4.98 Å². The van der Waals surface area contributed by atoms with Crippen LogP contribution in [0, 0.1) is 0 Å². The predicted molar refractivity (Wildman–Crippen MR) is 110 cm³/mol. The van der Waals surface area contributed by atoms with Crippen LogP contribution < -0.4 is 9.80 Å². The smallest absolute Gasteiger partial charge is 0.230 e. The van der Waals surface area contributed by atoms with Gasteiger partial charge >= 0.3 is 0 Å². The van der Waals surface area contributed by atoms with Gasteiger partial charge in [-0.1, -0.05) is 41.9 Å². The quantitative estimate of drug-likeness (QED) is 0.728. The summed E-state index contributed by atoms with van der Waals surface area (Å²) in [6.07, 6.45) is 1.10. The standard InChI is InChI=1S/C21H20ClN3OS/c1-15(26)25(20-8-4-7-18(22)11-20)21-23-19(14-27-21)13-24-10-9-16-5-2-3-6-17(16)12-24/h2-8,11,14H,9-10,12-13H2,1H3/p+1. The summed E-state index contributed by atoms with van der Waals surface area (Å²) in [6, 6.07) is 16.0. The monoisotopic (exact) mass is 398 g/mol. The van der Waals surface area contributed by atoms with Crippen LogP contribution in [0.1, 0.15) is 23.7 Å². The summed E-state index contributed by atoms with van der Waals surface area (Å²) in [5.74, 6) is -0.0718. The van der Waals surface area contributed by atoms with Gasteiger partial charge in [-0.25, -0.2) is 4.98 Å². The molecule has 6 heteroatoms. The van der Waals surface area contributed by atoms with E-state index in [1.165, 1.54) is 27.4 Å². The van der Waals surface area contributed by atoms with Crippen molar-refractivity contribution in [2.45, 2.75) is 26.4 Å². The molecule has 2 heterocycles. The number of carbonyl (C=O) groups is 1. The summed E-state index contributed by atoms with van der Waals surface area (Å²) in [5, 5.41) is 3.35. The lowest BCUT2D eigenvalue weighted by atomic mass is 10.00. The number of thiazole rings is 1. The number of amides is 1. The highest BCUT2D eigenvalue weighted by Gasteiger charge is 2.22. The lowest BCUT2D eigenvalue weighted by molar-refractivity contribution is -0.929. The Bertz CT molecular complexity index is 971. The lowest BCUT2D eigenvalue weighted by Gasteiger charge is -2.25. The number of rotatable bonds is 4. The second-order valence-electron chi connectivity index (χ2n) is 6.83. The van der Waals surface area contributed by atoms with Gasteiger partial charge in [0, 0.05) is 29.3 Å². The van der Waals surface area contributed by atoms with E-state index in [9.17, 15) is 4.79 Å². The Morgan fingerprint density at radius 1 is 1.22 bits per heavy atom. The number of hydrogen-bond acceptors (Lipinski definition) is 3. The Morgan fingerprint density at radius 2 is 2.04 bits per heavy atom. The molecule has 4 rings (SSSR count). The van der Waals surface area contributed by atoms with Gasteiger partial charge in [-0.05, 0) is 23.8 Å². The van der Waals surface area contributed by atoms with Gasteiger partial charge in [-0.3, -0.25) is 9.69 Å². The van der Waals surface area contributed by atoms with Gasteiger partial charge < -0.3 is 4.90 Å². The van der Waals surface area contributed by atoms with Crippen LogP contribution in [0.5, 0.6) is 0 Å². The molecule has 0 aliphatic carbocycles. The van der Waals surface area contributed by atoms with E-state index in [0.717, 1.165) is 37.4 Å². The van der Waals surface area contributed by atoms with Crippen molar-refractivity contribution in [1.29, 1.82) is 0 Å². The van der Waals surface area contributed by atoms with E-state index in [1.807, 2.05) is 12.1 Å². The third-order valence-corrected chi connectivity index (χ3v) is 5.96. The number of fused-ring (bicyclic) bond motifs is 1. The van der Waals surface area contributed by atoms with E-state index in [0.29, 0.717) is 10.2 Å². The minimum atomic E-state index is -0.0718. The number of quaternary nitrogens is 1. The zero-order chi connectivity index (χ0) is 18.8. The Kier molecular flexibility index (Phi) is 5.25. The molecule has 0 bridgehead atoms. The van der Waals surface area contributed by atoms with Crippen molar-refractivity contribution in [2.24, 2.45) is 0 Å². The molecule has 138 valence electrons. The van der Waals surface area contributed by atoms with Gasteiger partial charge in [0.1, 0.15) is 18.8 Å². The van der Waals surface area contributed by atoms with Crippen LogP contribution in [-0.2, 0) is 24.3 Å². The molecule has 0 fully saturated rings. The Balaban J connectivity index is 1.52. The van der Waals surface area contributed by atoms with Crippen LogP contribution in [0.3, 0.4) is 0 Å². The Labute approximate surface area is 168 Å². The zero-order valence-corrected chi connectivity index (χ0v) is 16.7. The predicted octanol–water partition coefficient (Wildman–Crippen LogP) is 3.62. The fraction of sp³-hybridized carbons (Fsp3) is 0.238. The van der Waals surface area contributed by atoms with E-state index in [-0.39, 0.29) is 5.91 Å². The second-order valence-corrected chi connectivity index (χ2v) is 8.10. The van der Waals surface area contributed by atoms with Crippen molar-refractivity contribution in [3.05, 3.63) is 75.8 Å². The van der Waals surface area contributed by atoms with Gasteiger partial charge in [0.2, 0.25) is 5.91 Å². The van der Waals surface area contributed by atoms with Crippen LogP contribution in [0.2, 0.25) is 5.02 Å². The molecule has 1 aliphatic heterocycles. The zero-order valence-electron chi connectivity index (χ0n) is 15.1. The van der Waals surface area contributed by atoms with Crippen LogP contribution in [0.25, 0.3) is 0 Å². The highest BCUT2D eigenvalue weighted by Crippen LogP contribution is 2.30. The van der Waals surface area contributed by atoms with E-state index in [1.54, 1.807) is 24.0 Å². The summed E-state index contributed by atoms with van der Waals surface area (Å²) < 4.78 is 0. The molecule has 1 aliphatic rings. The maximum Gasteiger partial charge on any atom is 0.230 e. The molecule has 0 saturated heterocycles. The molecule has 1 amide bonds. The molecule has 1 aromatic heterocycles. The highest BCUT2D eigenvalue weighted by molar-refractivity contribution is 7.14. The molecule has 4 nitrogen and oxygen atoms in total. The summed E-state index contributed by atoms with van der Waals surface area (Å²) in [5.41, 5.74) is 4.66. The first-order valence-electron chi connectivity index (χ1n) is 9.01. The molecule has 1 unspecified atom stereocenters. The fourth-order valence-electron chi connectivity index (χ4n) is 3.57. The first-order valence-corrected chi connectivity index (χ1v) is 10.3. The molecule has 0 saturated carbocycles. The van der Waals surface area contributed by atoms with Gasteiger partial charge in [0.15, 0.2) is 5.13 Å². The van der Waals surface area contributed by atoms with Crippen molar-refractivity contribution in [2.75, 3.05) is 11.4 Å². The highest BCUT2D eigenvalue weighted by atomic mass is 35.5. The summed E-state index contributed by atoms with van der Waals surface area (Å²) in [6.45, 7) is 4.54. The molecule has 1 N–H and O–H groups in total. The molecular weight excluding hydrogens is 378 g/mol. The van der Waals surface area contributed by atoms with Crippen LogP contribution in [0.4, 0.5) is 10.8 Å². The number of hydrogen-bond donors (Lipinski definition) is 1. The normalized spacial score (nSPS) is 16.0. The van der Waals surface area contributed by atoms with E-state index >= 15 is 0 Å². The SMILES string of the molecule is CC(=O)N(c1cccc(Cl)c1)c1nc(C[NH+]2CCc3ccccc3C2)cs1. The van der Waals surface area contributed by atoms with E-state index < -0.39 is 0 Å². The summed E-state index contributed by atoms with van der Waals surface area (Å²) in [4.78, 5) is 20.1. The Hall–Kier alpha value is -2.21. The maximum atomic E-state index is 12.2. The van der Waals surface area contributed by atoms with Crippen molar-refractivity contribution < 1.29 is 9.69 Å². The number of anilines is 2. The number of benzene rings is 2. The van der Waals surface area contributed by atoms with Gasteiger partial charge in [-0.2, -0.15) is 0 Å². The minimum Gasteiger partial charge on any atom is -0.326 e. The Morgan fingerprint density at radius 3 is 2.81 bits per heavy atom. The number of halogens is 1. The topological polar surface area (TPSA) is 37.6 Å². The average Bonchev–Trinajstić information content (AvgIpc) is 3.09. The number of nitrogens with one attached hydrogen (secondary N) is 1. The number of aromatic nitrogens is 1. The molecule has 2 aromatic carbocycles. The molecular formula is C21H21ClN3OS+. The van der Waals surface area contributed by atoms with Gasteiger partial charge in [0.05, 0.1) is 12.2 Å². The van der Waals surface area contributed by atoms with Crippen LogP contribution in [0.15, 0.2) is 53.9 Å². The largest absolute Gasteiger partial charge is 0.326 e. The lowest BCUT2D eigenvalue weighted by Crippen LogP contribution is -3.10. The first kappa shape index (κ1) is 18.2. The first-order chi connectivity index (χ1) is 13.1. The van der Waals surface area contributed by atoms with Crippen molar-refractivity contribution >= 4 is 39.7 Å². The van der Waals surface area contributed by atoms with Gasteiger partial charge in [-0.15, -0.1) is 11.3 Å². The van der Waals surface area contributed by atoms with Crippen LogP contribution in [-0.4, -0.2) is 17.4 Å². The summed E-state index contributed by atoms with van der Waals surface area (Å²) >= 11 is 7.60. The van der Waals surface area contributed by atoms with Crippen molar-refractivity contribution in [3.63, 3.8) is 0 Å². The minimum absolute atomic E-state index is 0.0718. The van der Waals surface area contributed by atoms with E-state index in [2.05, 4.69) is 29.6 Å². The summed E-state index contributed by atoms with van der Waals surface area (Å²) in [7, 11) is 0. The van der Waals surface area contributed by atoms with Gasteiger partial charge in [0.25, 0.3) is 0 Å². The average molecular weight is 399 g/mol. The fourth-order valence-corrected chi connectivity index (χ4v) is 4.64. The number of nitrogens with zero attached hydrogens (tertiary/aromatic N) is 2. The van der Waals surface area contributed by atoms with Crippen molar-refractivity contribution in [3.8, 4) is 0 Å². The molecule has 27 heavy (non-hydrogen) atoms. The molecule has 1 atom stereocenters. The molecule has 0 radical (unpaired) electrons.